The Morgan fingerprint density at radius 3 is 2.24 bits per heavy atom. The van der Waals surface area contributed by atoms with Crippen LogP contribution >= 0.6 is 0 Å². The molecular weight excluding hydrogens is 266 g/mol. The first-order valence-corrected chi connectivity index (χ1v) is 7.47. The third-order valence-corrected chi connectivity index (χ3v) is 4.02. The van der Waals surface area contributed by atoms with Crippen LogP contribution in [0.25, 0.3) is 0 Å². The monoisotopic (exact) mass is 289 g/mol. The maximum atomic E-state index is 12.8. The van der Waals surface area contributed by atoms with Crippen molar-refractivity contribution in [1.82, 2.24) is 4.90 Å². The summed E-state index contributed by atoms with van der Waals surface area (Å²) in [5.41, 5.74) is 2.77. The topological polar surface area (TPSA) is 46.6 Å². The van der Waals surface area contributed by atoms with Crippen molar-refractivity contribution in [3.05, 3.63) is 34.9 Å². The zero-order chi connectivity index (χ0) is 15.4. The molecule has 114 valence electrons. The number of carbonyl (C=O) groups is 2. The molecule has 4 nitrogen and oxygen atoms in total. The second-order valence-electron chi connectivity index (χ2n) is 5.82. The predicted octanol–water partition coefficient (Wildman–Crippen LogP) is 2.86. The van der Waals surface area contributed by atoms with Crippen molar-refractivity contribution in [2.75, 3.05) is 13.7 Å². The highest BCUT2D eigenvalue weighted by Crippen LogP contribution is 2.25. The average molecular weight is 289 g/mol. The molecule has 0 N–H and O–H groups in total. The van der Waals surface area contributed by atoms with E-state index in [0.29, 0.717) is 5.56 Å². The van der Waals surface area contributed by atoms with Crippen LogP contribution in [0.2, 0.25) is 0 Å². The van der Waals surface area contributed by atoms with E-state index in [1.165, 1.54) is 7.11 Å². The van der Waals surface area contributed by atoms with Crippen molar-refractivity contribution in [1.29, 1.82) is 0 Å². The summed E-state index contributed by atoms with van der Waals surface area (Å²) < 4.78 is 4.74. The number of amides is 1. The summed E-state index contributed by atoms with van der Waals surface area (Å²) in [5.74, 6) is -0.432. The minimum absolute atomic E-state index is 0.0347. The maximum Gasteiger partial charge on any atom is 0.325 e. The fraction of sp³-hybridized carbons (Fsp3) is 0.529. The number of hydrogen-bond acceptors (Lipinski definition) is 3. The van der Waals surface area contributed by atoms with Crippen molar-refractivity contribution in [2.24, 2.45) is 0 Å². The molecule has 0 saturated heterocycles. The first-order valence-electron chi connectivity index (χ1n) is 7.47. The second-order valence-corrected chi connectivity index (χ2v) is 5.82. The van der Waals surface area contributed by atoms with Gasteiger partial charge in [-0.2, -0.15) is 0 Å². The zero-order valence-electron chi connectivity index (χ0n) is 13.0. The summed E-state index contributed by atoms with van der Waals surface area (Å²) in [4.78, 5) is 26.1. The summed E-state index contributed by atoms with van der Waals surface area (Å²) in [6.07, 6.45) is 4.16. The molecule has 0 bridgehead atoms. The number of hydrogen-bond donors (Lipinski definition) is 0. The lowest BCUT2D eigenvalue weighted by atomic mass is 10.1. The molecule has 1 aliphatic carbocycles. The molecule has 0 spiro atoms. The number of rotatable bonds is 4. The molecule has 0 atom stereocenters. The Bertz CT molecular complexity index is 513. The van der Waals surface area contributed by atoms with Gasteiger partial charge in [-0.3, -0.25) is 9.59 Å². The fourth-order valence-electron chi connectivity index (χ4n) is 3.05. The van der Waals surface area contributed by atoms with Crippen molar-refractivity contribution < 1.29 is 14.3 Å². The van der Waals surface area contributed by atoms with E-state index in [0.717, 1.165) is 36.8 Å². The van der Waals surface area contributed by atoms with Gasteiger partial charge in [0.05, 0.1) is 7.11 Å². The van der Waals surface area contributed by atoms with Crippen LogP contribution in [-0.2, 0) is 9.53 Å². The number of benzene rings is 1. The standard InChI is InChI=1S/C17H23NO3/c1-12-8-13(2)10-14(9-12)17(20)18(11-16(19)21-3)15-6-4-5-7-15/h8-10,15H,4-7,11H2,1-3H3. The normalized spacial score (nSPS) is 15.0. The lowest BCUT2D eigenvalue weighted by molar-refractivity contribution is -0.141. The summed E-state index contributed by atoms with van der Waals surface area (Å²) in [6, 6.07) is 5.96. The predicted molar refractivity (Wildman–Crippen MR) is 81.2 cm³/mol. The minimum Gasteiger partial charge on any atom is -0.468 e. The number of aryl methyl sites for hydroxylation is 2. The van der Waals surface area contributed by atoms with Gasteiger partial charge in [0.25, 0.3) is 5.91 Å². The van der Waals surface area contributed by atoms with E-state index in [-0.39, 0.29) is 24.5 Å². The Morgan fingerprint density at radius 2 is 1.71 bits per heavy atom. The van der Waals surface area contributed by atoms with Gasteiger partial charge in [-0.25, -0.2) is 0 Å². The van der Waals surface area contributed by atoms with Crippen molar-refractivity contribution >= 4 is 11.9 Å². The van der Waals surface area contributed by atoms with Gasteiger partial charge in [0, 0.05) is 11.6 Å². The molecule has 0 unspecified atom stereocenters. The molecule has 4 heteroatoms. The zero-order valence-corrected chi connectivity index (χ0v) is 13.0. The lowest BCUT2D eigenvalue weighted by Gasteiger charge is -2.28. The van der Waals surface area contributed by atoms with Gasteiger partial charge in [0.1, 0.15) is 6.54 Å². The Balaban J connectivity index is 2.25. The van der Waals surface area contributed by atoms with Crippen LogP contribution in [0, 0.1) is 13.8 Å². The molecule has 1 aromatic rings. The van der Waals surface area contributed by atoms with Gasteiger partial charge in [0.2, 0.25) is 0 Å². The molecule has 2 rings (SSSR count). The largest absolute Gasteiger partial charge is 0.468 e. The van der Waals surface area contributed by atoms with E-state index in [1.807, 2.05) is 32.0 Å². The molecule has 0 aromatic heterocycles. The molecule has 1 saturated carbocycles. The van der Waals surface area contributed by atoms with Crippen LogP contribution < -0.4 is 0 Å². The number of esters is 1. The molecule has 1 aliphatic rings. The molecule has 1 fully saturated rings. The Kier molecular flexibility index (Phi) is 4.99. The van der Waals surface area contributed by atoms with Crippen molar-refractivity contribution in [2.45, 2.75) is 45.6 Å². The second kappa shape index (κ2) is 6.74. The molecule has 0 heterocycles. The molecule has 0 radical (unpaired) electrons. The van der Waals surface area contributed by atoms with Crippen LogP contribution in [0.4, 0.5) is 0 Å². The Labute approximate surface area is 126 Å². The first-order chi connectivity index (χ1) is 10.0. The third kappa shape index (κ3) is 3.84. The highest BCUT2D eigenvalue weighted by atomic mass is 16.5. The van der Waals surface area contributed by atoms with Crippen LogP contribution in [0.3, 0.4) is 0 Å². The van der Waals surface area contributed by atoms with Gasteiger partial charge >= 0.3 is 5.97 Å². The summed E-state index contributed by atoms with van der Waals surface area (Å²) >= 11 is 0. The van der Waals surface area contributed by atoms with Crippen LogP contribution in [-0.4, -0.2) is 36.5 Å². The molecule has 1 amide bonds. The van der Waals surface area contributed by atoms with E-state index in [1.54, 1.807) is 4.90 Å². The average Bonchev–Trinajstić information content (AvgIpc) is 2.96. The number of carbonyl (C=O) groups excluding carboxylic acids is 2. The quantitative estimate of drug-likeness (QED) is 0.801. The summed E-state index contributed by atoms with van der Waals surface area (Å²) in [7, 11) is 1.36. The van der Waals surface area contributed by atoms with Gasteiger partial charge in [-0.1, -0.05) is 30.0 Å². The van der Waals surface area contributed by atoms with E-state index in [2.05, 4.69) is 0 Å². The maximum absolute atomic E-state index is 12.8. The number of methoxy groups -OCH3 is 1. The first kappa shape index (κ1) is 15.5. The van der Waals surface area contributed by atoms with Gasteiger partial charge < -0.3 is 9.64 Å². The van der Waals surface area contributed by atoms with E-state index in [4.69, 9.17) is 4.74 Å². The Hall–Kier alpha value is -1.84. The summed E-state index contributed by atoms with van der Waals surface area (Å²) in [6.45, 7) is 3.99. The van der Waals surface area contributed by atoms with Crippen molar-refractivity contribution in [3.8, 4) is 0 Å². The van der Waals surface area contributed by atoms with Gasteiger partial charge in [0.15, 0.2) is 0 Å². The number of nitrogens with zero attached hydrogens (tertiary/aromatic N) is 1. The van der Waals surface area contributed by atoms with Crippen molar-refractivity contribution in [3.63, 3.8) is 0 Å². The summed E-state index contributed by atoms with van der Waals surface area (Å²) in [5, 5.41) is 0. The van der Waals surface area contributed by atoms with Gasteiger partial charge in [-0.15, -0.1) is 0 Å². The lowest BCUT2D eigenvalue weighted by Crippen LogP contribution is -2.42. The molecule has 1 aromatic carbocycles. The minimum atomic E-state index is -0.361. The van der Waals surface area contributed by atoms with E-state index in [9.17, 15) is 9.59 Å². The van der Waals surface area contributed by atoms with E-state index < -0.39 is 0 Å². The fourth-order valence-corrected chi connectivity index (χ4v) is 3.05. The molecule has 21 heavy (non-hydrogen) atoms. The Morgan fingerprint density at radius 1 is 1.14 bits per heavy atom. The number of ether oxygens (including phenoxy) is 1. The highest BCUT2D eigenvalue weighted by molar-refractivity contribution is 5.96. The SMILES string of the molecule is COC(=O)CN(C(=O)c1cc(C)cc(C)c1)C1CCCC1. The smallest absolute Gasteiger partial charge is 0.325 e. The molecular formula is C17H23NO3. The van der Waals surface area contributed by atoms with Crippen LogP contribution in [0.15, 0.2) is 18.2 Å². The van der Waals surface area contributed by atoms with Gasteiger partial charge in [-0.05, 0) is 38.8 Å². The molecule has 0 aliphatic heterocycles. The van der Waals surface area contributed by atoms with E-state index >= 15 is 0 Å². The highest BCUT2D eigenvalue weighted by Gasteiger charge is 2.29. The van der Waals surface area contributed by atoms with Crippen LogP contribution in [0.1, 0.15) is 47.2 Å². The third-order valence-electron chi connectivity index (χ3n) is 4.02. The van der Waals surface area contributed by atoms with Crippen LogP contribution in [0.5, 0.6) is 0 Å².